The number of nitrogens with two attached hydrogens (primary N) is 1. The number of sulfonamides is 1. The number of nitrogen functional groups attached to an aromatic ring is 1. The van der Waals surface area contributed by atoms with Crippen molar-refractivity contribution in [1.29, 1.82) is 0 Å². The highest BCUT2D eigenvalue weighted by Gasteiger charge is 2.21. The van der Waals surface area contributed by atoms with Crippen LogP contribution in [0.5, 0.6) is 0 Å². The molecule has 0 radical (unpaired) electrons. The summed E-state index contributed by atoms with van der Waals surface area (Å²) in [4.78, 5) is 0.200. The summed E-state index contributed by atoms with van der Waals surface area (Å²) in [5.74, 6) is 2.69. The Morgan fingerprint density at radius 3 is 2.50 bits per heavy atom. The SMILES string of the molecule is Cc1cc(N)c(S(=O)(=O)NCC2CCSCC2)cc1C. The zero-order valence-electron chi connectivity index (χ0n) is 12.0. The van der Waals surface area contributed by atoms with Gasteiger partial charge in [-0.15, -0.1) is 0 Å². The molecule has 4 nitrogen and oxygen atoms in total. The zero-order valence-corrected chi connectivity index (χ0v) is 13.6. The molecule has 1 aliphatic heterocycles. The number of thioether (sulfide) groups is 1. The molecule has 2 rings (SSSR count). The van der Waals surface area contributed by atoms with Gasteiger partial charge in [0.2, 0.25) is 10.0 Å². The third kappa shape index (κ3) is 3.68. The minimum absolute atomic E-state index is 0.200. The lowest BCUT2D eigenvalue weighted by atomic mass is 10.0. The molecule has 1 aromatic carbocycles. The van der Waals surface area contributed by atoms with Gasteiger partial charge in [0, 0.05) is 6.54 Å². The maximum Gasteiger partial charge on any atom is 0.242 e. The Labute approximate surface area is 125 Å². The predicted molar refractivity (Wildman–Crippen MR) is 85.6 cm³/mol. The van der Waals surface area contributed by atoms with Gasteiger partial charge in [0.1, 0.15) is 4.90 Å². The topological polar surface area (TPSA) is 72.2 Å². The highest BCUT2D eigenvalue weighted by Crippen LogP contribution is 2.25. The van der Waals surface area contributed by atoms with Crippen molar-refractivity contribution in [3.05, 3.63) is 23.3 Å². The summed E-state index contributed by atoms with van der Waals surface area (Å²) >= 11 is 1.94. The number of benzene rings is 1. The zero-order chi connectivity index (χ0) is 14.8. The van der Waals surface area contributed by atoms with E-state index in [4.69, 9.17) is 5.73 Å². The molecule has 1 fully saturated rings. The Morgan fingerprint density at radius 1 is 1.25 bits per heavy atom. The van der Waals surface area contributed by atoms with Gasteiger partial charge in [0.05, 0.1) is 5.69 Å². The van der Waals surface area contributed by atoms with Crippen LogP contribution < -0.4 is 10.5 Å². The molecule has 0 atom stereocenters. The minimum atomic E-state index is -3.51. The second-order valence-electron chi connectivity index (χ2n) is 5.38. The Morgan fingerprint density at radius 2 is 1.85 bits per heavy atom. The van der Waals surface area contributed by atoms with Crippen molar-refractivity contribution in [2.45, 2.75) is 31.6 Å². The monoisotopic (exact) mass is 314 g/mol. The van der Waals surface area contributed by atoms with E-state index >= 15 is 0 Å². The van der Waals surface area contributed by atoms with Gasteiger partial charge in [-0.2, -0.15) is 11.8 Å². The van der Waals surface area contributed by atoms with Gasteiger partial charge in [-0.1, -0.05) is 0 Å². The van der Waals surface area contributed by atoms with Gasteiger partial charge < -0.3 is 5.73 Å². The average Bonchev–Trinajstić information content (AvgIpc) is 2.42. The first-order chi connectivity index (χ1) is 9.40. The summed E-state index contributed by atoms with van der Waals surface area (Å²) < 4.78 is 27.4. The maximum absolute atomic E-state index is 12.4. The molecule has 0 aromatic heterocycles. The van der Waals surface area contributed by atoms with Crippen LogP contribution in [0.15, 0.2) is 17.0 Å². The molecule has 112 valence electrons. The third-order valence-corrected chi connectivity index (χ3v) is 6.35. The number of aryl methyl sites for hydroxylation is 2. The van der Waals surface area contributed by atoms with E-state index in [-0.39, 0.29) is 4.90 Å². The van der Waals surface area contributed by atoms with Crippen LogP contribution in [0.3, 0.4) is 0 Å². The lowest BCUT2D eigenvalue weighted by Gasteiger charge is -2.21. The molecule has 1 heterocycles. The van der Waals surface area contributed by atoms with Gasteiger partial charge >= 0.3 is 0 Å². The molecule has 1 aliphatic rings. The Hall–Kier alpha value is -0.720. The summed E-state index contributed by atoms with van der Waals surface area (Å²) in [6.45, 7) is 4.33. The number of hydrogen-bond acceptors (Lipinski definition) is 4. The van der Waals surface area contributed by atoms with E-state index in [0.717, 1.165) is 35.5 Å². The van der Waals surface area contributed by atoms with Crippen molar-refractivity contribution in [2.24, 2.45) is 5.92 Å². The Kier molecular flexibility index (Phi) is 4.99. The second-order valence-corrected chi connectivity index (χ2v) is 8.34. The van der Waals surface area contributed by atoms with E-state index in [2.05, 4.69) is 4.72 Å². The molecule has 0 saturated carbocycles. The highest BCUT2D eigenvalue weighted by atomic mass is 32.2. The lowest BCUT2D eigenvalue weighted by molar-refractivity contribution is 0.477. The molecule has 20 heavy (non-hydrogen) atoms. The van der Waals surface area contributed by atoms with Crippen LogP contribution in [0, 0.1) is 19.8 Å². The van der Waals surface area contributed by atoms with Crippen LogP contribution in [0.1, 0.15) is 24.0 Å². The molecule has 0 amide bonds. The van der Waals surface area contributed by atoms with E-state index in [9.17, 15) is 8.42 Å². The summed E-state index contributed by atoms with van der Waals surface area (Å²) in [7, 11) is -3.51. The standard InChI is InChI=1S/C14H22N2O2S2/c1-10-7-13(15)14(8-11(10)2)20(17,18)16-9-12-3-5-19-6-4-12/h7-8,12,16H,3-6,9,15H2,1-2H3. The second kappa shape index (κ2) is 6.37. The van der Waals surface area contributed by atoms with E-state index < -0.39 is 10.0 Å². The Bertz CT molecular complexity index is 579. The maximum atomic E-state index is 12.4. The first kappa shape index (κ1) is 15.7. The third-order valence-electron chi connectivity index (χ3n) is 3.82. The van der Waals surface area contributed by atoms with Crippen molar-refractivity contribution in [1.82, 2.24) is 4.72 Å². The molecule has 0 unspecified atom stereocenters. The molecule has 0 bridgehead atoms. The predicted octanol–water partition coefficient (Wildman–Crippen LogP) is 2.31. The lowest BCUT2D eigenvalue weighted by Crippen LogP contribution is -2.31. The number of nitrogens with one attached hydrogen (secondary N) is 1. The van der Waals surface area contributed by atoms with Crippen molar-refractivity contribution in [3.63, 3.8) is 0 Å². The van der Waals surface area contributed by atoms with Crippen molar-refractivity contribution < 1.29 is 8.42 Å². The Balaban J connectivity index is 2.11. The number of hydrogen-bond donors (Lipinski definition) is 2. The van der Waals surface area contributed by atoms with Crippen LogP contribution in [-0.2, 0) is 10.0 Å². The van der Waals surface area contributed by atoms with Crippen LogP contribution in [-0.4, -0.2) is 26.5 Å². The molecule has 6 heteroatoms. The molecule has 0 spiro atoms. The van der Waals surface area contributed by atoms with E-state index in [1.165, 1.54) is 0 Å². The fourth-order valence-electron chi connectivity index (χ4n) is 2.30. The summed E-state index contributed by atoms with van der Waals surface area (Å²) in [6.07, 6.45) is 2.16. The minimum Gasteiger partial charge on any atom is -0.398 e. The van der Waals surface area contributed by atoms with E-state index in [0.29, 0.717) is 18.2 Å². The van der Waals surface area contributed by atoms with E-state index in [1.807, 2.05) is 25.6 Å². The normalized spacial score (nSPS) is 17.3. The fourth-order valence-corrected chi connectivity index (χ4v) is 4.82. The summed E-state index contributed by atoms with van der Waals surface area (Å²) in [5.41, 5.74) is 8.13. The molecular formula is C14H22N2O2S2. The smallest absolute Gasteiger partial charge is 0.242 e. The van der Waals surface area contributed by atoms with E-state index in [1.54, 1.807) is 12.1 Å². The van der Waals surface area contributed by atoms with Crippen LogP contribution >= 0.6 is 11.8 Å². The number of rotatable bonds is 4. The van der Waals surface area contributed by atoms with Gasteiger partial charge in [-0.3, -0.25) is 0 Å². The average molecular weight is 314 g/mol. The van der Waals surface area contributed by atoms with Crippen LogP contribution in [0.4, 0.5) is 5.69 Å². The fraction of sp³-hybridized carbons (Fsp3) is 0.571. The number of anilines is 1. The summed E-state index contributed by atoms with van der Waals surface area (Å²) in [6, 6.07) is 3.38. The van der Waals surface area contributed by atoms with Crippen LogP contribution in [0.2, 0.25) is 0 Å². The molecule has 1 aromatic rings. The molecule has 0 aliphatic carbocycles. The van der Waals surface area contributed by atoms with Crippen molar-refractivity contribution in [2.75, 3.05) is 23.8 Å². The first-order valence-electron chi connectivity index (χ1n) is 6.84. The quantitative estimate of drug-likeness (QED) is 0.837. The van der Waals surface area contributed by atoms with Gasteiger partial charge in [-0.05, 0) is 67.4 Å². The first-order valence-corrected chi connectivity index (χ1v) is 9.48. The summed E-state index contributed by atoms with van der Waals surface area (Å²) in [5, 5.41) is 0. The van der Waals surface area contributed by atoms with Gasteiger partial charge in [0.15, 0.2) is 0 Å². The van der Waals surface area contributed by atoms with Gasteiger partial charge in [0.25, 0.3) is 0 Å². The molecule has 3 N–H and O–H groups in total. The van der Waals surface area contributed by atoms with Gasteiger partial charge in [-0.25, -0.2) is 13.1 Å². The molecular weight excluding hydrogens is 292 g/mol. The van der Waals surface area contributed by atoms with Crippen molar-refractivity contribution in [3.8, 4) is 0 Å². The largest absolute Gasteiger partial charge is 0.398 e. The van der Waals surface area contributed by atoms with Crippen LogP contribution in [0.25, 0.3) is 0 Å². The van der Waals surface area contributed by atoms with Crippen molar-refractivity contribution >= 4 is 27.5 Å². The molecule has 1 saturated heterocycles. The highest BCUT2D eigenvalue weighted by molar-refractivity contribution is 7.99.